The van der Waals surface area contributed by atoms with E-state index in [1.165, 1.54) is 11.0 Å². The van der Waals surface area contributed by atoms with Gasteiger partial charge in [0.1, 0.15) is 17.4 Å². The van der Waals surface area contributed by atoms with Crippen LogP contribution in [-0.4, -0.2) is 35.9 Å². The van der Waals surface area contributed by atoms with Crippen LogP contribution >= 0.6 is 0 Å². The Bertz CT molecular complexity index is 929. The SMILES string of the molecule is Cc1cc(C=C(C#N)C(=O)Nc2ccc(C(=O)N(C)C)cc2)cc(C)c1O. The molecule has 0 bridgehead atoms. The molecule has 2 amide bonds. The van der Waals surface area contributed by atoms with Gasteiger partial charge in [-0.1, -0.05) is 0 Å². The molecule has 0 aliphatic carbocycles. The summed E-state index contributed by atoms with van der Waals surface area (Å²) in [5, 5.41) is 21.8. The standard InChI is InChI=1S/C21H21N3O3/c1-13-9-15(10-14(2)19(13)25)11-17(12-22)20(26)23-18-7-5-16(6-8-18)21(27)24(3)4/h5-11,25H,1-4H3,(H,23,26). The maximum Gasteiger partial charge on any atom is 0.266 e. The van der Waals surface area contributed by atoms with Gasteiger partial charge in [0, 0.05) is 25.3 Å². The molecule has 0 atom stereocenters. The Labute approximate surface area is 158 Å². The average molecular weight is 363 g/mol. The number of nitrogens with zero attached hydrogens (tertiary/aromatic N) is 2. The highest BCUT2D eigenvalue weighted by molar-refractivity contribution is 6.09. The number of hydrogen-bond acceptors (Lipinski definition) is 4. The monoisotopic (exact) mass is 363 g/mol. The number of nitrogens with one attached hydrogen (secondary N) is 1. The van der Waals surface area contributed by atoms with Crippen molar-refractivity contribution in [3.05, 3.63) is 64.2 Å². The molecule has 0 saturated carbocycles. The van der Waals surface area contributed by atoms with Gasteiger partial charge in [0.2, 0.25) is 0 Å². The van der Waals surface area contributed by atoms with Gasteiger partial charge in [0.05, 0.1) is 0 Å². The van der Waals surface area contributed by atoms with Crippen LogP contribution in [0.25, 0.3) is 6.08 Å². The number of carbonyl (C=O) groups is 2. The minimum Gasteiger partial charge on any atom is -0.507 e. The highest BCUT2D eigenvalue weighted by atomic mass is 16.3. The van der Waals surface area contributed by atoms with E-state index in [9.17, 15) is 20.0 Å². The molecule has 0 saturated heterocycles. The van der Waals surface area contributed by atoms with Crippen LogP contribution in [0.2, 0.25) is 0 Å². The first-order valence-electron chi connectivity index (χ1n) is 8.28. The molecule has 138 valence electrons. The van der Waals surface area contributed by atoms with Crippen molar-refractivity contribution in [2.24, 2.45) is 0 Å². The van der Waals surface area contributed by atoms with E-state index in [0.29, 0.717) is 27.9 Å². The van der Waals surface area contributed by atoms with E-state index < -0.39 is 5.91 Å². The first-order valence-corrected chi connectivity index (χ1v) is 8.28. The predicted molar refractivity (Wildman–Crippen MR) is 104 cm³/mol. The van der Waals surface area contributed by atoms with E-state index in [4.69, 9.17) is 0 Å². The molecule has 0 fully saturated rings. The second-order valence-corrected chi connectivity index (χ2v) is 6.40. The van der Waals surface area contributed by atoms with Gasteiger partial charge in [-0.25, -0.2) is 0 Å². The molecule has 0 aromatic heterocycles. The van der Waals surface area contributed by atoms with Crippen molar-refractivity contribution in [1.29, 1.82) is 5.26 Å². The molecule has 2 N–H and O–H groups in total. The van der Waals surface area contributed by atoms with E-state index >= 15 is 0 Å². The lowest BCUT2D eigenvalue weighted by atomic mass is 10.0. The summed E-state index contributed by atoms with van der Waals surface area (Å²) < 4.78 is 0. The number of phenolic OH excluding ortho intramolecular Hbond substituents is 1. The van der Waals surface area contributed by atoms with Crippen LogP contribution in [0.1, 0.15) is 27.0 Å². The third kappa shape index (κ3) is 4.73. The number of anilines is 1. The highest BCUT2D eigenvalue weighted by Gasteiger charge is 2.12. The first-order chi connectivity index (χ1) is 12.7. The largest absolute Gasteiger partial charge is 0.507 e. The van der Waals surface area contributed by atoms with Crippen molar-refractivity contribution in [3.63, 3.8) is 0 Å². The summed E-state index contributed by atoms with van der Waals surface area (Å²) >= 11 is 0. The molecule has 27 heavy (non-hydrogen) atoms. The van der Waals surface area contributed by atoms with Gasteiger partial charge < -0.3 is 15.3 Å². The molecule has 0 aliphatic rings. The number of carbonyl (C=O) groups excluding carboxylic acids is 2. The van der Waals surface area contributed by atoms with E-state index in [-0.39, 0.29) is 17.2 Å². The summed E-state index contributed by atoms with van der Waals surface area (Å²) in [7, 11) is 3.32. The molecule has 0 aliphatic heterocycles. The molecule has 6 heteroatoms. The number of aryl methyl sites for hydroxylation is 2. The van der Waals surface area contributed by atoms with Gasteiger partial charge in [0.25, 0.3) is 11.8 Å². The number of amides is 2. The fourth-order valence-electron chi connectivity index (χ4n) is 2.54. The van der Waals surface area contributed by atoms with Gasteiger partial charge >= 0.3 is 0 Å². The predicted octanol–water partition coefficient (Wildman–Crippen LogP) is 3.26. The van der Waals surface area contributed by atoms with Gasteiger partial charge in [0.15, 0.2) is 0 Å². The Kier molecular flexibility index (Phi) is 5.99. The van der Waals surface area contributed by atoms with Crippen LogP contribution in [0.15, 0.2) is 42.0 Å². The molecule has 2 rings (SSSR count). The summed E-state index contributed by atoms with van der Waals surface area (Å²) in [4.78, 5) is 25.7. The summed E-state index contributed by atoms with van der Waals surface area (Å²) in [5.74, 6) is -0.487. The van der Waals surface area contributed by atoms with Crippen molar-refractivity contribution < 1.29 is 14.7 Å². The maximum atomic E-state index is 12.4. The lowest BCUT2D eigenvalue weighted by Gasteiger charge is -2.11. The first kappa shape index (κ1) is 19.7. The minimum atomic E-state index is -0.549. The molecule has 0 radical (unpaired) electrons. The molecule has 0 unspecified atom stereocenters. The van der Waals surface area contributed by atoms with Gasteiger partial charge in [-0.3, -0.25) is 9.59 Å². The van der Waals surface area contributed by atoms with Crippen LogP contribution in [0.3, 0.4) is 0 Å². The second kappa shape index (κ2) is 8.19. The molecule has 6 nitrogen and oxygen atoms in total. The third-order valence-corrected chi connectivity index (χ3v) is 3.99. The number of aromatic hydroxyl groups is 1. The summed E-state index contributed by atoms with van der Waals surface area (Å²) in [6.07, 6.45) is 1.47. The van der Waals surface area contributed by atoms with Crippen molar-refractivity contribution in [2.45, 2.75) is 13.8 Å². The molecule has 0 heterocycles. The van der Waals surface area contributed by atoms with Crippen molar-refractivity contribution >= 4 is 23.6 Å². The quantitative estimate of drug-likeness (QED) is 0.644. The van der Waals surface area contributed by atoms with Gasteiger partial charge in [-0.15, -0.1) is 0 Å². The third-order valence-electron chi connectivity index (χ3n) is 3.99. The Morgan fingerprint density at radius 1 is 1.11 bits per heavy atom. The summed E-state index contributed by atoms with van der Waals surface area (Å²) in [6, 6.07) is 11.7. The van der Waals surface area contributed by atoms with Crippen LogP contribution < -0.4 is 5.32 Å². The Morgan fingerprint density at radius 2 is 1.67 bits per heavy atom. The molecular weight excluding hydrogens is 342 g/mol. The summed E-state index contributed by atoms with van der Waals surface area (Å²) in [6.45, 7) is 3.50. The number of hydrogen-bond donors (Lipinski definition) is 2. The van der Waals surface area contributed by atoms with E-state index in [2.05, 4.69) is 5.32 Å². The van der Waals surface area contributed by atoms with E-state index in [0.717, 1.165) is 0 Å². The zero-order valence-corrected chi connectivity index (χ0v) is 15.7. The Morgan fingerprint density at radius 3 is 2.15 bits per heavy atom. The normalized spacial score (nSPS) is 10.9. The fraction of sp³-hybridized carbons (Fsp3) is 0.190. The zero-order chi connectivity index (χ0) is 20.1. The average Bonchev–Trinajstić information content (AvgIpc) is 2.63. The van der Waals surface area contributed by atoms with E-state index in [1.807, 2.05) is 6.07 Å². The Balaban J connectivity index is 2.20. The lowest BCUT2D eigenvalue weighted by Crippen LogP contribution is -2.21. The van der Waals surface area contributed by atoms with Crippen LogP contribution in [0.4, 0.5) is 5.69 Å². The van der Waals surface area contributed by atoms with Gasteiger partial charge in [-0.2, -0.15) is 5.26 Å². The van der Waals surface area contributed by atoms with Gasteiger partial charge in [-0.05, 0) is 73.0 Å². The molecule has 0 spiro atoms. The summed E-state index contributed by atoms with van der Waals surface area (Å²) in [5.41, 5.74) is 2.91. The molecule has 2 aromatic carbocycles. The van der Waals surface area contributed by atoms with E-state index in [1.54, 1.807) is 64.3 Å². The number of nitriles is 1. The van der Waals surface area contributed by atoms with Crippen molar-refractivity contribution in [2.75, 3.05) is 19.4 Å². The molecular formula is C21H21N3O3. The second-order valence-electron chi connectivity index (χ2n) is 6.40. The topological polar surface area (TPSA) is 93.4 Å². The Hall–Kier alpha value is -3.59. The molecule has 2 aromatic rings. The fourth-order valence-corrected chi connectivity index (χ4v) is 2.54. The van der Waals surface area contributed by atoms with Crippen molar-refractivity contribution in [1.82, 2.24) is 4.90 Å². The minimum absolute atomic E-state index is 0.0621. The van der Waals surface area contributed by atoms with Crippen LogP contribution in [0.5, 0.6) is 5.75 Å². The number of benzene rings is 2. The van der Waals surface area contributed by atoms with Crippen molar-refractivity contribution in [3.8, 4) is 11.8 Å². The van der Waals surface area contributed by atoms with Crippen LogP contribution in [0, 0.1) is 25.2 Å². The number of phenols is 1. The maximum absolute atomic E-state index is 12.4. The smallest absolute Gasteiger partial charge is 0.266 e. The lowest BCUT2D eigenvalue weighted by molar-refractivity contribution is -0.112. The zero-order valence-electron chi connectivity index (χ0n) is 15.7. The van der Waals surface area contributed by atoms with Crippen LogP contribution in [-0.2, 0) is 4.79 Å². The number of rotatable bonds is 4. The highest BCUT2D eigenvalue weighted by Crippen LogP contribution is 2.24.